The molecule has 0 spiro atoms. The number of nitrogens with zero attached hydrogens (tertiary/aromatic N) is 2. The van der Waals surface area contributed by atoms with E-state index in [-0.39, 0.29) is 6.04 Å². The molecule has 1 atom stereocenters. The van der Waals surface area contributed by atoms with Crippen LogP contribution in [0.2, 0.25) is 5.02 Å². The second-order valence-corrected chi connectivity index (χ2v) is 4.86. The molecular weight excluding hydrogens is 289 g/mol. The summed E-state index contributed by atoms with van der Waals surface area (Å²) in [4.78, 5) is 4.11. The number of halogens is 2. The molecule has 0 saturated heterocycles. The van der Waals surface area contributed by atoms with Crippen molar-refractivity contribution in [2.24, 2.45) is 5.73 Å². The van der Waals surface area contributed by atoms with E-state index in [1.54, 1.807) is 12.5 Å². The zero-order valence-electron chi connectivity index (χ0n) is 8.69. The minimum atomic E-state index is -0.0647. The molecule has 0 fully saturated rings. The van der Waals surface area contributed by atoms with E-state index in [1.807, 2.05) is 29.7 Å². The second kappa shape index (κ2) is 4.57. The monoisotopic (exact) mass is 299 g/mol. The van der Waals surface area contributed by atoms with Gasteiger partial charge < -0.3 is 10.3 Å². The molecule has 0 aliphatic heterocycles. The fourth-order valence-corrected chi connectivity index (χ4v) is 2.39. The lowest BCUT2D eigenvalue weighted by molar-refractivity contribution is 0.751. The van der Waals surface area contributed by atoms with Crippen LogP contribution in [0, 0.1) is 0 Å². The third-order valence-electron chi connectivity index (χ3n) is 2.30. The van der Waals surface area contributed by atoms with Gasteiger partial charge in [0, 0.05) is 15.5 Å². The van der Waals surface area contributed by atoms with Crippen LogP contribution in [0.15, 0.2) is 35.2 Å². The first-order valence-electron chi connectivity index (χ1n) is 4.83. The molecule has 1 aromatic carbocycles. The van der Waals surface area contributed by atoms with Crippen molar-refractivity contribution in [3.8, 4) is 5.69 Å². The average molecular weight is 301 g/mol. The third-order valence-corrected chi connectivity index (χ3v) is 3.17. The van der Waals surface area contributed by atoms with Gasteiger partial charge in [-0.2, -0.15) is 0 Å². The van der Waals surface area contributed by atoms with Crippen molar-refractivity contribution in [3.63, 3.8) is 0 Å². The fraction of sp³-hybridized carbons (Fsp3) is 0.182. The summed E-state index contributed by atoms with van der Waals surface area (Å²) in [6, 6.07) is 5.55. The largest absolute Gasteiger partial charge is 0.323 e. The predicted octanol–water partition coefficient (Wildman–Crippen LogP) is 3.31. The van der Waals surface area contributed by atoms with Crippen LogP contribution in [0.1, 0.15) is 18.7 Å². The van der Waals surface area contributed by atoms with Crippen molar-refractivity contribution in [3.05, 3.63) is 45.9 Å². The van der Waals surface area contributed by atoms with Crippen LogP contribution in [0.4, 0.5) is 0 Å². The van der Waals surface area contributed by atoms with Crippen molar-refractivity contribution in [2.45, 2.75) is 13.0 Å². The van der Waals surface area contributed by atoms with Gasteiger partial charge in [-0.25, -0.2) is 4.98 Å². The molecule has 0 amide bonds. The van der Waals surface area contributed by atoms with Crippen molar-refractivity contribution < 1.29 is 0 Å². The Morgan fingerprint density at radius 2 is 2.25 bits per heavy atom. The molecule has 0 saturated carbocycles. The molecule has 2 N–H and O–H groups in total. The van der Waals surface area contributed by atoms with Crippen molar-refractivity contribution in [1.29, 1.82) is 0 Å². The summed E-state index contributed by atoms with van der Waals surface area (Å²) < 4.78 is 2.87. The Morgan fingerprint density at radius 3 is 2.88 bits per heavy atom. The highest BCUT2D eigenvalue weighted by molar-refractivity contribution is 9.10. The summed E-state index contributed by atoms with van der Waals surface area (Å²) in [5.41, 5.74) is 7.82. The summed E-state index contributed by atoms with van der Waals surface area (Å²) >= 11 is 9.38. The Hall–Kier alpha value is -0.840. The molecular formula is C11H11BrClN3. The molecule has 0 aliphatic carbocycles. The van der Waals surface area contributed by atoms with Crippen molar-refractivity contribution in [1.82, 2.24) is 9.55 Å². The first-order chi connectivity index (χ1) is 7.59. The smallest absolute Gasteiger partial charge is 0.0995 e. The van der Waals surface area contributed by atoms with E-state index < -0.39 is 0 Å². The summed E-state index contributed by atoms with van der Waals surface area (Å²) in [5.74, 6) is 0. The van der Waals surface area contributed by atoms with Gasteiger partial charge in [0.2, 0.25) is 0 Å². The SMILES string of the molecule is C[C@@H](N)c1cncn1-c1ccc(Cl)cc1Br. The van der Waals surface area contributed by atoms with Gasteiger partial charge in [0.25, 0.3) is 0 Å². The number of benzene rings is 1. The van der Waals surface area contributed by atoms with Crippen LogP contribution in [-0.2, 0) is 0 Å². The van der Waals surface area contributed by atoms with Gasteiger partial charge in [-0.15, -0.1) is 0 Å². The molecule has 2 rings (SSSR count). The molecule has 2 aromatic rings. The topological polar surface area (TPSA) is 43.8 Å². The lowest BCUT2D eigenvalue weighted by atomic mass is 10.2. The lowest BCUT2D eigenvalue weighted by Gasteiger charge is -2.12. The summed E-state index contributed by atoms with van der Waals surface area (Å²) in [7, 11) is 0. The summed E-state index contributed by atoms with van der Waals surface area (Å²) in [6.07, 6.45) is 3.51. The minimum absolute atomic E-state index is 0.0647. The van der Waals surface area contributed by atoms with Crippen LogP contribution in [-0.4, -0.2) is 9.55 Å². The number of aromatic nitrogens is 2. The van der Waals surface area contributed by atoms with E-state index in [2.05, 4.69) is 20.9 Å². The standard InChI is InChI=1S/C11H11BrClN3/c1-7(14)11-5-15-6-16(11)10-3-2-8(13)4-9(10)12/h2-7H,14H2,1H3/t7-/m1/s1. The first kappa shape index (κ1) is 11.6. The molecule has 1 aromatic heterocycles. The number of hydrogen-bond acceptors (Lipinski definition) is 2. The maximum atomic E-state index is 5.90. The maximum Gasteiger partial charge on any atom is 0.0995 e. The number of rotatable bonds is 2. The van der Waals surface area contributed by atoms with E-state index in [4.69, 9.17) is 17.3 Å². The van der Waals surface area contributed by atoms with Crippen LogP contribution in [0.25, 0.3) is 5.69 Å². The third kappa shape index (κ3) is 2.14. The number of hydrogen-bond donors (Lipinski definition) is 1. The summed E-state index contributed by atoms with van der Waals surface area (Å²) in [5, 5.41) is 0.693. The van der Waals surface area contributed by atoms with E-state index in [9.17, 15) is 0 Å². The maximum absolute atomic E-state index is 5.90. The highest BCUT2D eigenvalue weighted by Gasteiger charge is 2.10. The Labute approximate surface area is 107 Å². The molecule has 16 heavy (non-hydrogen) atoms. The fourth-order valence-electron chi connectivity index (χ4n) is 1.52. The van der Waals surface area contributed by atoms with Gasteiger partial charge in [0.15, 0.2) is 0 Å². The Bertz CT molecular complexity index is 508. The van der Waals surface area contributed by atoms with Crippen LogP contribution < -0.4 is 5.73 Å². The normalized spacial score (nSPS) is 12.8. The Kier molecular flexibility index (Phi) is 3.33. The minimum Gasteiger partial charge on any atom is -0.323 e. The zero-order chi connectivity index (χ0) is 11.7. The molecule has 0 bridgehead atoms. The zero-order valence-corrected chi connectivity index (χ0v) is 11.0. The predicted molar refractivity (Wildman–Crippen MR) is 68.9 cm³/mol. The highest BCUT2D eigenvalue weighted by Crippen LogP contribution is 2.26. The van der Waals surface area contributed by atoms with E-state index >= 15 is 0 Å². The van der Waals surface area contributed by atoms with Gasteiger partial charge >= 0.3 is 0 Å². The molecule has 84 valence electrons. The number of imidazole rings is 1. The van der Waals surface area contributed by atoms with E-state index in [0.717, 1.165) is 15.9 Å². The first-order valence-corrected chi connectivity index (χ1v) is 6.00. The summed E-state index contributed by atoms with van der Waals surface area (Å²) in [6.45, 7) is 1.93. The van der Waals surface area contributed by atoms with Gasteiger partial charge in [0.05, 0.1) is 23.9 Å². The molecule has 1 heterocycles. The Morgan fingerprint density at radius 1 is 1.50 bits per heavy atom. The van der Waals surface area contributed by atoms with Crippen molar-refractivity contribution in [2.75, 3.05) is 0 Å². The van der Waals surface area contributed by atoms with Crippen molar-refractivity contribution >= 4 is 27.5 Å². The van der Waals surface area contributed by atoms with E-state index in [0.29, 0.717) is 5.02 Å². The van der Waals surface area contributed by atoms with E-state index in [1.165, 1.54) is 0 Å². The van der Waals surface area contributed by atoms with Crippen LogP contribution in [0.5, 0.6) is 0 Å². The number of nitrogens with two attached hydrogens (primary N) is 1. The molecule has 0 aliphatic rings. The second-order valence-electron chi connectivity index (χ2n) is 3.57. The highest BCUT2D eigenvalue weighted by atomic mass is 79.9. The Balaban J connectivity index is 2.54. The lowest BCUT2D eigenvalue weighted by Crippen LogP contribution is -2.10. The molecule has 5 heteroatoms. The van der Waals surface area contributed by atoms with Gasteiger partial charge in [-0.3, -0.25) is 0 Å². The average Bonchev–Trinajstić information content (AvgIpc) is 2.66. The molecule has 0 unspecified atom stereocenters. The quantitative estimate of drug-likeness (QED) is 0.924. The van der Waals surface area contributed by atoms with Gasteiger partial charge in [-0.05, 0) is 41.1 Å². The van der Waals surface area contributed by atoms with Crippen LogP contribution >= 0.6 is 27.5 Å². The van der Waals surface area contributed by atoms with Crippen LogP contribution in [0.3, 0.4) is 0 Å². The molecule has 3 nitrogen and oxygen atoms in total. The molecule has 0 radical (unpaired) electrons. The van der Waals surface area contributed by atoms with Gasteiger partial charge in [-0.1, -0.05) is 11.6 Å². The van der Waals surface area contributed by atoms with Gasteiger partial charge in [0.1, 0.15) is 0 Å².